The van der Waals surface area contributed by atoms with E-state index in [0.29, 0.717) is 11.5 Å². The van der Waals surface area contributed by atoms with Gasteiger partial charge in [0.25, 0.3) is 0 Å². The van der Waals surface area contributed by atoms with E-state index in [4.69, 9.17) is 4.43 Å². The van der Waals surface area contributed by atoms with Crippen molar-refractivity contribution >= 4 is 21.6 Å². The van der Waals surface area contributed by atoms with Crippen LogP contribution in [0, 0.1) is 11.8 Å². The summed E-state index contributed by atoms with van der Waals surface area (Å²) in [4.78, 5) is 0. The number of rotatable bonds is 6. The van der Waals surface area contributed by atoms with E-state index in [0.717, 1.165) is 12.3 Å². The van der Waals surface area contributed by atoms with Gasteiger partial charge in [0, 0.05) is 6.42 Å². The quantitative estimate of drug-likeness (QED) is 0.513. The molecule has 0 heterocycles. The predicted octanol–water partition coefficient (Wildman–Crippen LogP) is 6.55. The van der Waals surface area contributed by atoms with Crippen molar-refractivity contribution in [2.75, 3.05) is 0 Å². The summed E-state index contributed by atoms with van der Waals surface area (Å²) in [5.74, 6) is 2.72. The van der Waals surface area contributed by atoms with Crippen molar-refractivity contribution in [2.45, 2.75) is 78.3 Å². The molecule has 0 amide bonds. The molecule has 0 aromatic heterocycles. The molecule has 0 unspecified atom stereocenters. The maximum Gasteiger partial charge on any atom is 0.241 e. The van der Waals surface area contributed by atoms with Crippen LogP contribution in [0.5, 0.6) is 0 Å². The Labute approximate surface area is 158 Å². The zero-order valence-corrected chi connectivity index (χ0v) is 19.6. The van der Waals surface area contributed by atoms with Gasteiger partial charge in [0.1, 0.15) is 0 Å². The molecule has 0 aliphatic heterocycles. The van der Waals surface area contributed by atoms with Gasteiger partial charge in [0.2, 0.25) is 8.32 Å². The van der Waals surface area contributed by atoms with Crippen molar-refractivity contribution in [1.29, 1.82) is 0 Å². The summed E-state index contributed by atoms with van der Waals surface area (Å²) in [5.41, 5.74) is 2.36. The molecule has 2 rings (SSSR count). The monoisotopic (exact) mass is 374 g/mol. The maximum atomic E-state index is 6.69. The molecule has 25 heavy (non-hydrogen) atoms. The minimum Gasteiger partial charge on any atom is -0.547 e. The van der Waals surface area contributed by atoms with Gasteiger partial charge in [0.05, 0.1) is 13.8 Å². The number of hydrogen-bond donors (Lipinski definition) is 0. The van der Waals surface area contributed by atoms with Gasteiger partial charge >= 0.3 is 0 Å². The van der Waals surface area contributed by atoms with Crippen LogP contribution in [-0.2, 0) is 4.43 Å². The van der Waals surface area contributed by atoms with Gasteiger partial charge < -0.3 is 4.43 Å². The van der Waals surface area contributed by atoms with Gasteiger partial charge in [-0.05, 0) is 55.4 Å². The lowest BCUT2D eigenvalue weighted by Crippen LogP contribution is -2.49. The fourth-order valence-corrected chi connectivity index (χ4v) is 8.91. The lowest BCUT2D eigenvalue weighted by Gasteiger charge is -2.44. The fourth-order valence-electron chi connectivity index (χ4n) is 4.30. The topological polar surface area (TPSA) is 9.23 Å². The van der Waals surface area contributed by atoms with E-state index < -0.39 is 16.4 Å². The summed E-state index contributed by atoms with van der Waals surface area (Å²) in [5, 5.41) is 1.59. The normalized spacial score (nSPS) is 23.5. The van der Waals surface area contributed by atoms with Gasteiger partial charge in [-0.2, -0.15) is 0 Å². The summed E-state index contributed by atoms with van der Waals surface area (Å²) in [6, 6.07) is 11.3. The Morgan fingerprint density at radius 3 is 2.20 bits per heavy atom. The molecular weight excluding hydrogens is 336 g/mol. The third-order valence-electron chi connectivity index (χ3n) is 5.83. The largest absolute Gasteiger partial charge is 0.547 e. The van der Waals surface area contributed by atoms with Crippen LogP contribution in [0.2, 0.25) is 38.3 Å². The number of hydrogen-bond acceptors (Lipinski definition) is 1. The van der Waals surface area contributed by atoms with Crippen molar-refractivity contribution < 1.29 is 4.43 Å². The Morgan fingerprint density at radius 1 is 1.08 bits per heavy atom. The number of allylic oxidation sites excluding steroid dienone is 2. The second kappa shape index (κ2) is 7.83. The molecule has 3 atom stereocenters. The highest BCUT2D eigenvalue weighted by atomic mass is 28.4. The van der Waals surface area contributed by atoms with Crippen molar-refractivity contribution in [3.05, 3.63) is 41.7 Å². The Morgan fingerprint density at radius 2 is 1.68 bits per heavy atom. The molecule has 1 nitrogen and oxygen atoms in total. The molecule has 0 fully saturated rings. The van der Waals surface area contributed by atoms with Crippen LogP contribution in [0.25, 0.3) is 0 Å². The van der Waals surface area contributed by atoms with Crippen molar-refractivity contribution in [3.63, 3.8) is 0 Å². The first-order valence-corrected chi connectivity index (χ1v) is 16.5. The molecule has 3 heteroatoms. The Balaban J connectivity index is 2.54. The molecule has 0 saturated carbocycles. The van der Waals surface area contributed by atoms with Crippen LogP contribution >= 0.6 is 0 Å². The Bertz CT molecular complexity index is 598. The highest BCUT2D eigenvalue weighted by Gasteiger charge is 2.42. The smallest absolute Gasteiger partial charge is 0.241 e. The summed E-state index contributed by atoms with van der Waals surface area (Å²) in [6.07, 6.45) is 3.67. The first kappa shape index (κ1) is 20.5. The van der Waals surface area contributed by atoms with E-state index in [2.05, 4.69) is 83.8 Å². The summed E-state index contributed by atoms with van der Waals surface area (Å²) >= 11 is 0. The van der Waals surface area contributed by atoms with Crippen LogP contribution in [-0.4, -0.2) is 16.4 Å². The van der Waals surface area contributed by atoms with Crippen molar-refractivity contribution in [3.8, 4) is 0 Å². The van der Waals surface area contributed by atoms with Crippen LogP contribution in [0.4, 0.5) is 0 Å². The Hall–Kier alpha value is -0.806. The summed E-state index contributed by atoms with van der Waals surface area (Å²) in [6.45, 7) is 19.3. The van der Waals surface area contributed by atoms with E-state index in [1.54, 1.807) is 10.8 Å². The van der Waals surface area contributed by atoms with E-state index in [9.17, 15) is 0 Å². The van der Waals surface area contributed by atoms with Gasteiger partial charge in [0.15, 0.2) is 0 Å². The van der Waals surface area contributed by atoms with Crippen LogP contribution in [0.1, 0.15) is 40.0 Å². The SMILES string of the molecule is CC[C@@H](C)C1=C(O[Si](C)(C)C)C[C@H](C)C[C@H]1[Si](C)(C)c1ccccc1. The third kappa shape index (κ3) is 4.88. The zero-order chi connectivity index (χ0) is 18.8. The standard InChI is InChI=1S/C22H38OSi2/c1-9-18(3)22-20(23-24(4,5)6)15-17(2)16-21(22)25(7,8)19-13-11-10-12-14-19/h10-14,17-18,21H,9,15-16H2,1-8H3/t17-,18+,21+/m0/s1. The number of benzene rings is 1. The first-order valence-electron chi connectivity index (χ1n) is 10.0. The average Bonchev–Trinajstić information content (AvgIpc) is 2.53. The molecular formula is C22H38OSi2. The van der Waals surface area contributed by atoms with E-state index >= 15 is 0 Å². The van der Waals surface area contributed by atoms with Crippen molar-refractivity contribution in [1.82, 2.24) is 0 Å². The van der Waals surface area contributed by atoms with Gasteiger partial charge in [-0.15, -0.1) is 0 Å². The zero-order valence-electron chi connectivity index (χ0n) is 17.6. The molecule has 0 bridgehead atoms. The predicted molar refractivity (Wildman–Crippen MR) is 117 cm³/mol. The molecule has 1 aliphatic carbocycles. The summed E-state index contributed by atoms with van der Waals surface area (Å²) in [7, 11) is -3.19. The molecule has 1 aromatic rings. The maximum absolute atomic E-state index is 6.69. The van der Waals surface area contributed by atoms with E-state index in [-0.39, 0.29) is 0 Å². The molecule has 0 spiro atoms. The van der Waals surface area contributed by atoms with Gasteiger partial charge in [-0.1, -0.05) is 69.4 Å². The highest BCUT2D eigenvalue weighted by molar-refractivity contribution is 6.91. The lowest BCUT2D eigenvalue weighted by molar-refractivity contribution is 0.316. The highest BCUT2D eigenvalue weighted by Crippen LogP contribution is 2.48. The third-order valence-corrected chi connectivity index (χ3v) is 10.8. The molecule has 0 N–H and O–H groups in total. The minimum absolute atomic E-state index is 0.624. The molecule has 1 aliphatic rings. The second-order valence-electron chi connectivity index (χ2n) is 9.59. The van der Waals surface area contributed by atoms with Crippen LogP contribution < -0.4 is 5.19 Å². The second-order valence-corrected chi connectivity index (χ2v) is 18.7. The van der Waals surface area contributed by atoms with Crippen LogP contribution in [0.15, 0.2) is 41.7 Å². The fraction of sp³-hybridized carbons (Fsp3) is 0.636. The van der Waals surface area contributed by atoms with E-state index in [1.807, 2.05) is 0 Å². The Kier molecular flexibility index (Phi) is 6.42. The average molecular weight is 375 g/mol. The molecule has 140 valence electrons. The molecule has 1 aromatic carbocycles. The lowest BCUT2D eigenvalue weighted by atomic mass is 9.82. The first-order chi connectivity index (χ1) is 11.6. The van der Waals surface area contributed by atoms with Gasteiger partial charge in [-0.3, -0.25) is 0 Å². The molecule has 0 radical (unpaired) electrons. The van der Waals surface area contributed by atoms with E-state index in [1.165, 1.54) is 18.6 Å². The molecule has 0 saturated heterocycles. The van der Waals surface area contributed by atoms with Crippen LogP contribution in [0.3, 0.4) is 0 Å². The van der Waals surface area contributed by atoms with Crippen molar-refractivity contribution in [2.24, 2.45) is 11.8 Å². The summed E-state index contributed by atoms with van der Waals surface area (Å²) < 4.78 is 6.69. The van der Waals surface area contributed by atoms with Gasteiger partial charge in [-0.25, -0.2) is 0 Å². The minimum atomic E-state index is -1.60.